The number of hydrogen-bond donors (Lipinski definition) is 0. The van der Waals surface area contributed by atoms with Gasteiger partial charge in [0.05, 0.1) is 25.7 Å². The first-order valence-corrected chi connectivity index (χ1v) is 11.2. The van der Waals surface area contributed by atoms with E-state index in [0.29, 0.717) is 22.8 Å². The predicted octanol–water partition coefficient (Wildman–Crippen LogP) is 5.03. The number of carbonyl (C=O) groups is 3. The topological polar surface area (TPSA) is 95.3 Å². The minimum atomic E-state index is -0.587. The maximum Gasteiger partial charge on any atom is 0.373 e. The van der Waals surface area contributed by atoms with E-state index in [1.165, 1.54) is 32.4 Å². The molecule has 0 unspecified atom stereocenters. The highest BCUT2D eigenvalue weighted by molar-refractivity contribution is 8.18. The largest absolute Gasteiger partial charge is 0.493 e. The molecule has 0 N–H and O–H groups in total. The molecular formula is C25H20FNO7S. The fourth-order valence-electron chi connectivity index (χ4n) is 3.29. The Bertz CT molecular complexity index is 1320. The van der Waals surface area contributed by atoms with E-state index in [4.69, 9.17) is 13.9 Å². The van der Waals surface area contributed by atoms with Crippen LogP contribution in [-0.4, -0.2) is 36.2 Å². The van der Waals surface area contributed by atoms with Crippen molar-refractivity contribution in [3.63, 3.8) is 0 Å². The summed E-state index contributed by atoms with van der Waals surface area (Å²) in [6.45, 7) is -0.100. The first-order chi connectivity index (χ1) is 16.9. The highest BCUT2D eigenvalue weighted by Gasteiger charge is 2.35. The van der Waals surface area contributed by atoms with Crippen LogP contribution in [0.1, 0.15) is 27.4 Å². The van der Waals surface area contributed by atoms with Crippen molar-refractivity contribution < 1.29 is 37.4 Å². The van der Waals surface area contributed by atoms with Crippen LogP contribution in [0.5, 0.6) is 11.5 Å². The number of esters is 1. The Hall–Kier alpha value is -4.05. The number of halogens is 1. The van der Waals surface area contributed by atoms with E-state index in [9.17, 15) is 18.8 Å². The van der Waals surface area contributed by atoms with Crippen molar-refractivity contribution in [3.05, 3.63) is 88.0 Å². The number of carbonyl (C=O) groups excluding carboxylic acids is 3. The number of ether oxygens (including phenoxy) is 3. The molecule has 0 atom stereocenters. The van der Waals surface area contributed by atoms with Gasteiger partial charge in [-0.05, 0) is 53.7 Å². The van der Waals surface area contributed by atoms with Gasteiger partial charge in [-0.15, -0.1) is 0 Å². The lowest BCUT2D eigenvalue weighted by molar-refractivity contribution is -0.123. The summed E-state index contributed by atoms with van der Waals surface area (Å²) in [5, 5.41) is -0.471. The van der Waals surface area contributed by atoms with Gasteiger partial charge in [0, 0.05) is 5.56 Å². The molecule has 1 saturated heterocycles. The molecule has 8 nitrogen and oxygen atoms in total. The van der Waals surface area contributed by atoms with Crippen molar-refractivity contribution >= 4 is 35.0 Å². The number of methoxy groups -OCH3 is 2. The third kappa shape index (κ3) is 5.38. The summed E-state index contributed by atoms with van der Waals surface area (Å²) in [6.07, 6.45) is 1.56. The van der Waals surface area contributed by atoms with E-state index < -0.39 is 22.9 Å². The van der Waals surface area contributed by atoms with Gasteiger partial charge in [-0.25, -0.2) is 9.18 Å². The molecule has 2 heterocycles. The maximum atomic E-state index is 14.0. The van der Waals surface area contributed by atoms with Crippen LogP contribution in [0, 0.1) is 5.82 Å². The summed E-state index contributed by atoms with van der Waals surface area (Å²) in [6, 6.07) is 14.1. The molecule has 2 amide bonds. The highest BCUT2D eigenvalue weighted by Crippen LogP contribution is 2.35. The Morgan fingerprint density at radius 2 is 1.89 bits per heavy atom. The molecule has 1 fully saturated rings. The van der Waals surface area contributed by atoms with Crippen LogP contribution in [0.25, 0.3) is 6.08 Å². The number of furan rings is 1. The molecular weight excluding hydrogens is 477 g/mol. The molecule has 0 radical (unpaired) electrons. The van der Waals surface area contributed by atoms with Crippen LogP contribution in [0.15, 0.2) is 63.9 Å². The van der Waals surface area contributed by atoms with Crippen molar-refractivity contribution in [2.24, 2.45) is 0 Å². The molecule has 4 rings (SSSR count). The predicted molar refractivity (Wildman–Crippen MR) is 125 cm³/mol. The van der Waals surface area contributed by atoms with E-state index in [0.717, 1.165) is 16.7 Å². The highest BCUT2D eigenvalue weighted by atomic mass is 32.2. The van der Waals surface area contributed by atoms with Gasteiger partial charge in [0.2, 0.25) is 5.76 Å². The first-order valence-electron chi connectivity index (χ1n) is 10.4. The average molecular weight is 498 g/mol. The summed E-state index contributed by atoms with van der Waals surface area (Å²) in [5.41, 5.74) is 0.867. The van der Waals surface area contributed by atoms with Gasteiger partial charge >= 0.3 is 5.97 Å². The number of benzene rings is 2. The summed E-state index contributed by atoms with van der Waals surface area (Å²) >= 11 is 0.787. The number of amides is 2. The Kier molecular flexibility index (Phi) is 7.21. The zero-order chi connectivity index (χ0) is 24.9. The molecule has 35 heavy (non-hydrogen) atoms. The first kappa shape index (κ1) is 24.1. The standard InChI is InChI=1S/C25H20FNO7S/c1-31-21-11-15(7-9-19(21)33-14-17-8-10-20(34-17)24(29)32-2)12-22-23(28)27(25(30)35-22)13-16-5-3-4-6-18(16)26/h3-12H,13-14H2,1-2H3. The van der Waals surface area contributed by atoms with E-state index in [-0.39, 0.29) is 29.4 Å². The van der Waals surface area contributed by atoms with Crippen molar-refractivity contribution in [2.45, 2.75) is 13.2 Å². The van der Waals surface area contributed by atoms with Crippen molar-refractivity contribution in [3.8, 4) is 11.5 Å². The number of nitrogens with zero attached hydrogens (tertiary/aromatic N) is 1. The maximum absolute atomic E-state index is 14.0. The fourth-order valence-corrected chi connectivity index (χ4v) is 4.13. The van der Waals surface area contributed by atoms with Crippen LogP contribution in [0.3, 0.4) is 0 Å². The molecule has 1 aliphatic heterocycles. The zero-order valence-electron chi connectivity index (χ0n) is 18.8. The molecule has 1 aromatic heterocycles. The van der Waals surface area contributed by atoms with Crippen LogP contribution in [-0.2, 0) is 22.7 Å². The van der Waals surface area contributed by atoms with E-state index in [1.54, 1.807) is 42.5 Å². The summed E-state index contributed by atoms with van der Waals surface area (Å²) in [5.74, 6) is -0.278. The SMILES string of the molecule is COC(=O)c1ccc(COc2ccc(C=C3SC(=O)N(Cc4ccccc4F)C3=O)cc2OC)o1. The summed E-state index contributed by atoms with van der Waals surface area (Å²) in [7, 11) is 2.73. The average Bonchev–Trinajstić information content (AvgIpc) is 3.44. The van der Waals surface area contributed by atoms with Gasteiger partial charge in [-0.1, -0.05) is 24.3 Å². The summed E-state index contributed by atoms with van der Waals surface area (Å²) < 4.78 is 35.1. The molecule has 180 valence electrons. The second-order valence-corrected chi connectivity index (χ2v) is 8.31. The van der Waals surface area contributed by atoms with E-state index in [1.807, 2.05) is 0 Å². The molecule has 0 spiro atoms. The second kappa shape index (κ2) is 10.5. The fraction of sp³-hybridized carbons (Fsp3) is 0.160. The molecule has 0 saturated carbocycles. The number of imide groups is 1. The Balaban J connectivity index is 1.46. The Morgan fingerprint density at radius 3 is 2.63 bits per heavy atom. The van der Waals surface area contributed by atoms with E-state index in [2.05, 4.69) is 4.74 Å². The van der Waals surface area contributed by atoms with Crippen LogP contribution < -0.4 is 9.47 Å². The lowest BCUT2D eigenvalue weighted by Crippen LogP contribution is -2.27. The molecule has 3 aromatic rings. The minimum absolute atomic E-state index is 0.0433. The van der Waals surface area contributed by atoms with Crippen molar-refractivity contribution in [1.82, 2.24) is 4.90 Å². The Labute approximate surface area is 204 Å². The third-order valence-corrected chi connectivity index (χ3v) is 5.97. The normalized spacial score (nSPS) is 14.5. The number of rotatable bonds is 8. The van der Waals surface area contributed by atoms with Crippen LogP contribution >= 0.6 is 11.8 Å². The number of hydrogen-bond acceptors (Lipinski definition) is 8. The van der Waals surface area contributed by atoms with Crippen molar-refractivity contribution in [1.29, 1.82) is 0 Å². The molecule has 2 aromatic carbocycles. The summed E-state index contributed by atoms with van der Waals surface area (Å²) in [4.78, 5) is 37.9. The quantitative estimate of drug-likeness (QED) is 0.316. The van der Waals surface area contributed by atoms with E-state index >= 15 is 0 Å². The lowest BCUT2D eigenvalue weighted by Gasteiger charge is -2.13. The van der Waals surface area contributed by atoms with Gasteiger partial charge < -0.3 is 18.6 Å². The molecule has 0 aliphatic carbocycles. The minimum Gasteiger partial charge on any atom is -0.493 e. The third-order valence-electron chi connectivity index (χ3n) is 5.06. The molecule has 10 heteroatoms. The van der Waals surface area contributed by atoms with Gasteiger partial charge in [-0.3, -0.25) is 14.5 Å². The van der Waals surface area contributed by atoms with Crippen LogP contribution in [0.2, 0.25) is 0 Å². The smallest absolute Gasteiger partial charge is 0.373 e. The zero-order valence-corrected chi connectivity index (χ0v) is 19.6. The lowest BCUT2D eigenvalue weighted by atomic mass is 10.1. The number of thioether (sulfide) groups is 1. The Morgan fingerprint density at radius 1 is 1.09 bits per heavy atom. The van der Waals surface area contributed by atoms with Gasteiger partial charge in [0.25, 0.3) is 11.1 Å². The molecule has 1 aliphatic rings. The van der Waals surface area contributed by atoms with Crippen LogP contribution in [0.4, 0.5) is 9.18 Å². The van der Waals surface area contributed by atoms with Gasteiger partial charge in [0.1, 0.15) is 18.2 Å². The van der Waals surface area contributed by atoms with Gasteiger partial charge in [-0.2, -0.15) is 0 Å². The second-order valence-electron chi connectivity index (χ2n) is 7.32. The van der Waals surface area contributed by atoms with Crippen molar-refractivity contribution in [2.75, 3.05) is 14.2 Å². The van der Waals surface area contributed by atoms with Gasteiger partial charge in [0.15, 0.2) is 11.5 Å². The molecule has 0 bridgehead atoms. The monoisotopic (exact) mass is 497 g/mol.